The molecule has 0 saturated heterocycles. The molecule has 0 fully saturated rings. The summed E-state index contributed by atoms with van der Waals surface area (Å²) in [6.45, 7) is 1.74. The van der Waals surface area contributed by atoms with Crippen molar-refractivity contribution in [2.75, 3.05) is 6.54 Å². The number of nitrogens with zero attached hydrogens (tertiary/aromatic N) is 1. The number of Topliss-reactive ketones (excluding diaryl/α,β-unsaturated/α-hetero) is 1. The van der Waals surface area contributed by atoms with Gasteiger partial charge in [0.05, 0.1) is 6.54 Å². The second-order valence-corrected chi connectivity index (χ2v) is 1.43. The van der Waals surface area contributed by atoms with Crippen LogP contribution < -0.4 is 0 Å². The van der Waals surface area contributed by atoms with Crippen LogP contribution in [0.3, 0.4) is 0 Å². The van der Waals surface area contributed by atoms with Crippen molar-refractivity contribution in [2.45, 2.75) is 13.3 Å². The molecule has 0 aliphatic rings. The number of aliphatic imine (C=N–C) groups is 1. The molecule has 0 unspecified atom stereocenters. The number of carbonyl (C=O) groups is 1. The Morgan fingerprint density at radius 1 is 1.75 bits per heavy atom. The van der Waals surface area contributed by atoms with E-state index in [4.69, 9.17) is 0 Å². The smallest absolute Gasteiger partial charge is 0.234 e. The number of carbonyl (C=O) groups excluding carboxylic acids is 2. The summed E-state index contributed by atoms with van der Waals surface area (Å²) in [4.78, 5) is 22.7. The van der Waals surface area contributed by atoms with Crippen molar-refractivity contribution in [3.05, 3.63) is 0 Å². The third-order valence-corrected chi connectivity index (χ3v) is 0.640. The Kier molecular flexibility index (Phi) is 3.71. The summed E-state index contributed by atoms with van der Waals surface area (Å²) >= 11 is 0. The van der Waals surface area contributed by atoms with Crippen LogP contribution in [0.1, 0.15) is 13.3 Å². The van der Waals surface area contributed by atoms with Gasteiger partial charge in [0.25, 0.3) is 0 Å². The van der Waals surface area contributed by atoms with Crippen LogP contribution in [0, 0.1) is 0 Å². The lowest BCUT2D eigenvalue weighted by atomic mass is 10.3. The van der Waals surface area contributed by atoms with Crippen LogP contribution in [0.25, 0.3) is 0 Å². The normalized spacial score (nSPS) is 7.62. The maximum absolute atomic E-state index is 10.1. The quantitative estimate of drug-likeness (QED) is 0.390. The molecule has 0 aromatic rings. The molecule has 3 nitrogen and oxygen atoms in total. The van der Waals surface area contributed by atoms with Gasteiger partial charge in [-0.15, -0.1) is 0 Å². The molecule has 0 atom stereocenters. The number of hydrogen-bond donors (Lipinski definition) is 0. The largest absolute Gasteiger partial charge is 0.300 e. The van der Waals surface area contributed by atoms with E-state index in [2.05, 4.69) is 4.99 Å². The lowest BCUT2D eigenvalue weighted by Crippen LogP contribution is -1.91. The van der Waals surface area contributed by atoms with E-state index in [0.717, 1.165) is 0 Å². The van der Waals surface area contributed by atoms with Crippen molar-refractivity contribution < 1.29 is 9.59 Å². The lowest BCUT2D eigenvalue weighted by molar-refractivity contribution is -0.116. The Morgan fingerprint density at radius 3 is 2.75 bits per heavy atom. The van der Waals surface area contributed by atoms with Gasteiger partial charge in [-0.1, -0.05) is 0 Å². The molecule has 0 saturated carbocycles. The highest BCUT2D eigenvalue weighted by molar-refractivity contribution is 5.75. The molecule has 0 amide bonds. The van der Waals surface area contributed by atoms with Gasteiger partial charge < -0.3 is 0 Å². The number of isocyanates is 1. The monoisotopic (exact) mass is 113 g/mol. The molecule has 0 heterocycles. The van der Waals surface area contributed by atoms with Gasteiger partial charge in [-0.2, -0.15) is 0 Å². The highest BCUT2D eigenvalue weighted by Crippen LogP contribution is 1.79. The molecule has 0 aliphatic carbocycles. The van der Waals surface area contributed by atoms with Crippen LogP contribution in [0.2, 0.25) is 0 Å². The zero-order valence-corrected chi connectivity index (χ0v) is 4.68. The third-order valence-electron chi connectivity index (χ3n) is 0.640. The summed E-state index contributed by atoms with van der Waals surface area (Å²) in [5.41, 5.74) is 0. The van der Waals surface area contributed by atoms with Crippen LogP contribution in [0.5, 0.6) is 0 Å². The van der Waals surface area contributed by atoms with Gasteiger partial charge in [-0.05, 0) is 6.92 Å². The molecule has 0 aromatic heterocycles. The molecule has 0 spiro atoms. The van der Waals surface area contributed by atoms with E-state index >= 15 is 0 Å². The summed E-state index contributed by atoms with van der Waals surface area (Å²) < 4.78 is 0. The minimum atomic E-state index is 0.0454. The summed E-state index contributed by atoms with van der Waals surface area (Å²) in [5, 5.41) is 0. The maximum atomic E-state index is 10.1. The second-order valence-electron chi connectivity index (χ2n) is 1.43. The fraction of sp³-hybridized carbons (Fsp3) is 0.600. The van der Waals surface area contributed by atoms with E-state index in [1.54, 1.807) is 0 Å². The lowest BCUT2D eigenvalue weighted by Gasteiger charge is -1.81. The molecular formula is C5H7NO2. The van der Waals surface area contributed by atoms with Gasteiger partial charge >= 0.3 is 0 Å². The standard InChI is InChI=1S/C5H7NO2/c1-5(8)2-3-6-4-7/h2-3H2,1H3. The molecule has 0 radical (unpaired) electrons. The molecule has 44 valence electrons. The average molecular weight is 113 g/mol. The highest BCUT2D eigenvalue weighted by atomic mass is 16.1. The zero-order valence-electron chi connectivity index (χ0n) is 4.68. The predicted molar refractivity (Wildman–Crippen MR) is 28.3 cm³/mol. The first-order valence-corrected chi connectivity index (χ1v) is 2.30. The van der Waals surface area contributed by atoms with E-state index in [0.29, 0.717) is 6.42 Å². The Morgan fingerprint density at radius 2 is 2.38 bits per heavy atom. The summed E-state index contributed by atoms with van der Waals surface area (Å²) in [6.07, 6.45) is 1.69. The summed E-state index contributed by atoms with van der Waals surface area (Å²) in [7, 11) is 0. The average Bonchev–Trinajstić information content (AvgIpc) is 1.66. The minimum Gasteiger partial charge on any atom is -0.300 e. The molecule has 0 N–H and O–H groups in total. The molecule has 0 rings (SSSR count). The second kappa shape index (κ2) is 4.22. The van der Waals surface area contributed by atoms with Crippen molar-refractivity contribution in [1.82, 2.24) is 0 Å². The van der Waals surface area contributed by atoms with Gasteiger partial charge in [0.2, 0.25) is 6.08 Å². The van der Waals surface area contributed by atoms with Crippen LogP contribution in [0.4, 0.5) is 0 Å². The Hall–Kier alpha value is -0.950. The van der Waals surface area contributed by atoms with Crippen LogP contribution in [0.15, 0.2) is 4.99 Å². The number of ketones is 1. The SMILES string of the molecule is CC(=O)CCN=C=O. The molecule has 8 heavy (non-hydrogen) atoms. The van der Waals surface area contributed by atoms with Crippen molar-refractivity contribution in [1.29, 1.82) is 0 Å². The Balaban J connectivity index is 3.18. The topological polar surface area (TPSA) is 46.5 Å². The molecule has 0 aliphatic heterocycles. The van der Waals surface area contributed by atoms with Crippen LogP contribution in [-0.2, 0) is 9.59 Å². The molecular weight excluding hydrogens is 106 g/mol. The molecule has 3 heteroatoms. The number of hydrogen-bond acceptors (Lipinski definition) is 3. The first-order chi connectivity index (χ1) is 3.77. The van der Waals surface area contributed by atoms with Crippen LogP contribution in [-0.4, -0.2) is 18.4 Å². The van der Waals surface area contributed by atoms with Crippen LogP contribution >= 0.6 is 0 Å². The van der Waals surface area contributed by atoms with E-state index in [1.807, 2.05) is 0 Å². The van der Waals surface area contributed by atoms with Crippen molar-refractivity contribution in [2.24, 2.45) is 4.99 Å². The van der Waals surface area contributed by atoms with Gasteiger partial charge in [-0.25, -0.2) is 9.79 Å². The Bertz CT molecular complexity index is 122. The van der Waals surface area contributed by atoms with Crippen molar-refractivity contribution in [3.63, 3.8) is 0 Å². The fourth-order valence-corrected chi connectivity index (χ4v) is 0.259. The third kappa shape index (κ3) is 5.05. The maximum Gasteiger partial charge on any atom is 0.234 e. The van der Waals surface area contributed by atoms with Gasteiger partial charge in [0.1, 0.15) is 5.78 Å². The minimum absolute atomic E-state index is 0.0454. The molecule has 0 aromatic carbocycles. The van der Waals surface area contributed by atoms with Gasteiger partial charge in [-0.3, -0.25) is 4.79 Å². The van der Waals surface area contributed by atoms with E-state index in [9.17, 15) is 9.59 Å². The van der Waals surface area contributed by atoms with E-state index < -0.39 is 0 Å². The first-order valence-electron chi connectivity index (χ1n) is 2.30. The first kappa shape index (κ1) is 7.05. The Labute approximate surface area is 47.4 Å². The fourth-order valence-electron chi connectivity index (χ4n) is 0.259. The zero-order chi connectivity index (χ0) is 6.41. The van der Waals surface area contributed by atoms with E-state index in [-0.39, 0.29) is 12.3 Å². The van der Waals surface area contributed by atoms with Gasteiger partial charge in [0.15, 0.2) is 0 Å². The van der Waals surface area contributed by atoms with Crippen molar-refractivity contribution >= 4 is 11.9 Å². The predicted octanol–water partition coefficient (Wildman–Crippen LogP) is 0.301. The summed E-state index contributed by atoms with van der Waals surface area (Å²) in [5.74, 6) is 0.0454. The highest BCUT2D eigenvalue weighted by Gasteiger charge is 1.87. The molecule has 0 bridgehead atoms. The number of rotatable bonds is 3. The van der Waals surface area contributed by atoms with Gasteiger partial charge in [0, 0.05) is 6.42 Å². The summed E-state index contributed by atoms with van der Waals surface area (Å²) in [6, 6.07) is 0. The van der Waals surface area contributed by atoms with E-state index in [1.165, 1.54) is 13.0 Å². The van der Waals surface area contributed by atoms with Crippen molar-refractivity contribution in [3.8, 4) is 0 Å².